The van der Waals surface area contributed by atoms with Crippen molar-refractivity contribution >= 4 is 17.3 Å². The van der Waals surface area contributed by atoms with Crippen molar-refractivity contribution in [1.29, 1.82) is 0 Å². The van der Waals surface area contributed by atoms with E-state index >= 15 is 0 Å². The molecule has 1 aliphatic rings. The fourth-order valence-corrected chi connectivity index (χ4v) is 3.40. The second kappa shape index (κ2) is 6.66. The van der Waals surface area contributed by atoms with E-state index in [-0.39, 0.29) is 11.2 Å². The molecule has 0 radical (unpaired) electrons. The topological polar surface area (TPSA) is 49.3 Å². The van der Waals surface area contributed by atoms with E-state index in [2.05, 4.69) is 20.6 Å². The van der Waals surface area contributed by atoms with Crippen LogP contribution in [0.1, 0.15) is 28.3 Å². The van der Waals surface area contributed by atoms with Crippen LogP contribution in [0.2, 0.25) is 0 Å². The van der Waals surface area contributed by atoms with E-state index in [0.29, 0.717) is 6.54 Å². The summed E-state index contributed by atoms with van der Waals surface area (Å²) < 4.78 is 13.4. The van der Waals surface area contributed by atoms with Gasteiger partial charge in [-0.2, -0.15) is 0 Å². The number of aromatic nitrogens is 1. The molecular weight excluding hydrogens is 311 g/mol. The molecule has 0 aliphatic heterocycles. The number of thiazole rings is 1. The molecule has 6 heteroatoms. The Morgan fingerprint density at radius 2 is 2.22 bits per heavy atom. The van der Waals surface area contributed by atoms with Crippen LogP contribution in [0.15, 0.2) is 35.5 Å². The lowest BCUT2D eigenvalue weighted by Crippen LogP contribution is -2.40. The Morgan fingerprint density at radius 3 is 2.83 bits per heavy atom. The molecule has 1 heterocycles. The molecule has 2 N–H and O–H groups in total. The van der Waals surface area contributed by atoms with E-state index in [4.69, 9.17) is 0 Å². The fourth-order valence-electron chi connectivity index (χ4n) is 2.67. The summed E-state index contributed by atoms with van der Waals surface area (Å²) in [7, 11) is 1.76. The summed E-state index contributed by atoms with van der Waals surface area (Å²) in [5, 5.41) is 7.73. The molecule has 0 bridgehead atoms. The normalized spacial score (nSPS) is 16.2. The van der Waals surface area contributed by atoms with Crippen molar-refractivity contribution < 1.29 is 4.39 Å². The van der Waals surface area contributed by atoms with Crippen LogP contribution in [0.3, 0.4) is 0 Å². The molecule has 1 fully saturated rings. The summed E-state index contributed by atoms with van der Waals surface area (Å²) in [6.07, 6.45) is 4.04. The van der Waals surface area contributed by atoms with Gasteiger partial charge in [0.15, 0.2) is 5.96 Å². The van der Waals surface area contributed by atoms with Gasteiger partial charge in [0, 0.05) is 30.1 Å². The van der Waals surface area contributed by atoms with Crippen LogP contribution >= 0.6 is 11.3 Å². The van der Waals surface area contributed by atoms with E-state index in [1.54, 1.807) is 30.5 Å². The molecule has 1 aliphatic carbocycles. The molecule has 4 nitrogen and oxygen atoms in total. The summed E-state index contributed by atoms with van der Waals surface area (Å²) >= 11 is 1.68. The third kappa shape index (κ3) is 3.88. The number of halogens is 1. The summed E-state index contributed by atoms with van der Waals surface area (Å²) in [5.41, 5.74) is 1.11. The maximum atomic E-state index is 13.4. The number of hydrogen-bond donors (Lipinski definition) is 2. The van der Waals surface area contributed by atoms with E-state index in [9.17, 15) is 4.39 Å². The van der Waals surface area contributed by atoms with Crippen molar-refractivity contribution in [2.45, 2.75) is 31.7 Å². The van der Waals surface area contributed by atoms with Crippen LogP contribution in [-0.4, -0.2) is 24.5 Å². The monoisotopic (exact) mass is 332 g/mol. The van der Waals surface area contributed by atoms with Gasteiger partial charge in [-0.25, -0.2) is 9.37 Å². The Bertz CT molecular complexity index is 706. The smallest absolute Gasteiger partial charge is 0.191 e. The van der Waals surface area contributed by atoms with Gasteiger partial charge in [-0.15, -0.1) is 11.3 Å². The molecular formula is C17H21FN4S. The number of nitrogens with zero attached hydrogens (tertiary/aromatic N) is 2. The van der Waals surface area contributed by atoms with E-state index in [0.717, 1.165) is 35.9 Å². The van der Waals surface area contributed by atoms with Gasteiger partial charge in [-0.1, -0.05) is 12.1 Å². The standard InChI is InChI=1S/C17H21FN4S/c1-12-20-9-15(23-12)10-21-16(19-2)22-11-17(6-7-17)13-4-3-5-14(18)8-13/h3-5,8-9H,6-7,10-11H2,1-2H3,(H2,19,21,22). The molecule has 1 aromatic heterocycles. The van der Waals surface area contributed by atoms with Gasteiger partial charge in [0.2, 0.25) is 0 Å². The number of benzene rings is 1. The van der Waals surface area contributed by atoms with Crippen molar-refractivity contribution in [2.75, 3.05) is 13.6 Å². The number of aryl methyl sites for hydroxylation is 1. The average Bonchev–Trinajstić information content (AvgIpc) is 3.23. The summed E-state index contributed by atoms with van der Waals surface area (Å²) in [6.45, 7) is 3.47. The molecule has 0 amide bonds. The van der Waals surface area contributed by atoms with Crippen molar-refractivity contribution in [3.63, 3.8) is 0 Å². The molecule has 0 atom stereocenters. The minimum atomic E-state index is -0.170. The Balaban J connectivity index is 1.56. The predicted molar refractivity (Wildman–Crippen MR) is 92.4 cm³/mol. The Labute approximate surface area is 139 Å². The number of hydrogen-bond acceptors (Lipinski definition) is 3. The fraction of sp³-hybridized carbons (Fsp3) is 0.412. The Morgan fingerprint density at radius 1 is 1.39 bits per heavy atom. The summed E-state index contributed by atoms with van der Waals surface area (Å²) in [4.78, 5) is 9.68. The van der Waals surface area contributed by atoms with Crippen LogP contribution in [0.25, 0.3) is 0 Å². The highest BCUT2D eigenvalue weighted by molar-refractivity contribution is 7.11. The lowest BCUT2D eigenvalue weighted by Gasteiger charge is -2.19. The molecule has 0 saturated heterocycles. The molecule has 0 spiro atoms. The maximum absolute atomic E-state index is 13.4. The maximum Gasteiger partial charge on any atom is 0.191 e. The minimum absolute atomic E-state index is 0.0425. The third-order valence-electron chi connectivity index (χ3n) is 4.21. The number of guanidine groups is 1. The second-order valence-electron chi connectivity index (χ2n) is 5.92. The molecule has 2 aromatic rings. The van der Waals surface area contributed by atoms with Crippen LogP contribution in [0.4, 0.5) is 4.39 Å². The summed E-state index contributed by atoms with van der Waals surface area (Å²) in [6, 6.07) is 6.92. The lowest BCUT2D eigenvalue weighted by molar-refractivity contribution is 0.607. The van der Waals surface area contributed by atoms with Crippen LogP contribution in [0.5, 0.6) is 0 Å². The number of aliphatic imine (C=N–C) groups is 1. The van der Waals surface area contributed by atoms with Crippen molar-refractivity contribution in [3.05, 3.63) is 51.7 Å². The van der Waals surface area contributed by atoms with Gasteiger partial charge in [0.1, 0.15) is 5.82 Å². The highest BCUT2D eigenvalue weighted by Gasteiger charge is 2.44. The zero-order chi connectivity index (χ0) is 16.3. The van der Waals surface area contributed by atoms with Crippen molar-refractivity contribution in [1.82, 2.24) is 15.6 Å². The Kier molecular flexibility index (Phi) is 4.61. The average molecular weight is 332 g/mol. The first-order valence-electron chi connectivity index (χ1n) is 7.73. The molecule has 1 saturated carbocycles. The van der Waals surface area contributed by atoms with Crippen molar-refractivity contribution in [3.8, 4) is 0 Å². The number of rotatable bonds is 5. The molecule has 1 aromatic carbocycles. The zero-order valence-electron chi connectivity index (χ0n) is 13.4. The molecule has 0 unspecified atom stereocenters. The zero-order valence-corrected chi connectivity index (χ0v) is 14.2. The van der Waals surface area contributed by atoms with Gasteiger partial charge in [0.25, 0.3) is 0 Å². The molecule has 3 rings (SSSR count). The van der Waals surface area contributed by atoms with Crippen molar-refractivity contribution in [2.24, 2.45) is 4.99 Å². The highest BCUT2D eigenvalue weighted by Crippen LogP contribution is 2.47. The molecule has 122 valence electrons. The largest absolute Gasteiger partial charge is 0.356 e. The SMILES string of the molecule is CN=C(NCc1cnc(C)s1)NCC1(c2cccc(F)c2)CC1. The first-order valence-corrected chi connectivity index (χ1v) is 8.55. The third-order valence-corrected chi connectivity index (χ3v) is 5.12. The van der Waals surface area contributed by atoms with Gasteiger partial charge in [0.05, 0.1) is 11.6 Å². The summed E-state index contributed by atoms with van der Waals surface area (Å²) in [5.74, 6) is 0.593. The van der Waals surface area contributed by atoms with Gasteiger partial charge >= 0.3 is 0 Å². The first kappa shape index (κ1) is 15.9. The highest BCUT2D eigenvalue weighted by atomic mass is 32.1. The van der Waals surface area contributed by atoms with E-state index < -0.39 is 0 Å². The molecule has 23 heavy (non-hydrogen) atoms. The Hall–Kier alpha value is -1.95. The van der Waals surface area contributed by atoms with E-state index in [1.807, 2.05) is 19.2 Å². The second-order valence-corrected chi connectivity index (χ2v) is 7.23. The van der Waals surface area contributed by atoms with Gasteiger partial charge in [-0.05, 0) is 37.5 Å². The lowest BCUT2D eigenvalue weighted by atomic mass is 9.96. The minimum Gasteiger partial charge on any atom is -0.356 e. The first-order chi connectivity index (χ1) is 11.1. The van der Waals surface area contributed by atoms with Gasteiger partial charge in [-0.3, -0.25) is 4.99 Å². The van der Waals surface area contributed by atoms with Crippen LogP contribution in [0, 0.1) is 12.7 Å². The van der Waals surface area contributed by atoms with Gasteiger partial charge < -0.3 is 10.6 Å². The van der Waals surface area contributed by atoms with E-state index in [1.165, 1.54) is 10.9 Å². The quantitative estimate of drug-likeness (QED) is 0.654. The predicted octanol–water partition coefficient (Wildman–Crippen LogP) is 2.99. The van der Waals surface area contributed by atoms with Crippen LogP contribution in [-0.2, 0) is 12.0 Å². The number of nitrogens with one attached hydrogen (secondary N) is 2. The van der Waals surface area contributed by atoms with Crippen LogP contribution < -0.4 is 10.6 Å².